The largest absolute Gasteiger partial charge is 0.497 e. The molecule has 0 aliphatic carbocycles. The Labute approximate surface area is 610 Å². The molecule has 12 rings (SSSR count). The van der Waals surface area contributed by atoms with Gasteiger partial charge in [0.15, 0.2) is 0 Å². The van der Waals surface area contributed by atoms with Gasteiger partial charge in [-0.2, -0.15) is 0 Å². The average molecular weight is 1430 g/mol. The first-order valence-electron chi connectivity index (χ1n) is 34.4. The standard InChI is InChI=1S/2C18H18N2O2.C16H20N2O4.C15H18N2O3.C14H15FN2O2/c1-3-22-18(21)17-11-19-12-20(17)13(2)15-10-6-8-14-7-4-5-9-16(14)15;1-3-22-18(21)17-11-19-12-20(17)13(2)15-9-8-14-6-4-5-7-16(14)10-15;1-5-22-16(19)15-9-17-10-18(15)11(2)12-6-13(20-3)8-14(7-12)21-4;1-4-20-15(18)14-9-16-10-17(14)11(2)12-5-7-13(19-3)8-6-12;1-3-19-14(18)13-8-16-9-17(13)10(2)11-4-6-12(15)7-5-11/h2*4-13H,3H2,1-2H3;6-11H,5H2,1-4H3;5-11H,4H2,1-3H3;4-10H,3H2,1-2H3. The van der Waals surface area contributed by atoms with Gasteiger partial charge in [-0.3, -0.25) is 0 Å². The van der Waals surface area contributed by atoms with Crippen LogP contribution in [0.15, 0.2) is 214 Å². The zero-order chi connectivity index (χ0) is 75.5. The van der Waals surface area contributed by atoms with E-state index in [0.717, 1.165) is 33.6 Å². The zero-order valence-electron chi connectivity index (χ0n) is 61.3. The lowest BCUT2D eigenvalue weighted by Gasteiger charge is -2.18. The molecule has 0 fully saturated rings. The van der Waals surface area contributed by atoms with Crippen molar-refractivity contribution in [1.29, 1.82) is 0 Å². The molecule has 5 unspecified atom stereocenters. The van der Waals surface area contributed by atoms with E-state index in [1.807, 2.05) is 96.6 Å². The molecule has 0 aliphatic heterocycles. The summed E-state index contributed by atoms with van der Waals surface area (Å²) in [6.45, 7) is 20.6. The lowest BCUT2D eigenvalue weighted by Crippen LogP contribution is -2.15. The zero-order valence-corrected chi connectivity index (χ0v) is 61.3. The number of imidazole rings is 5. The summed E-state index contributed by atoms with van der Waals surface area (Å²) in [5, 5.41) is 4.75. The fourth-order valence-electron chi connectivity index (χ4n) is 11.5. The minimum Gasteiger partial charge on any atom is -0.497 e. The van der Waals surface area contributed by atoms with Crippen LogP contribution in [0.4, 0.5) is 4.39 Å². The minimum absolute atomic E-state index is 0.00603. The van der Waals surface area contributed by atoms with Gasteiger partial charge in [0.05, 0.1) is 147 Å². The first-order chi connectivity index (χ1) is 50.8. The van der Waals surface area contributed by atoms with Gasteiger partial charge in [0.2, 0.25) is 0 Å². The van der Waals surface area contributed by atoms with Gasteiger partial charge >= 0.3 is 29.8 Å². The molecule has 0 spiro atoms. The molecule has 0 saturated heterocycles. The van der Waals surface area contributed by atoms with Gasteiger partial charge in [-0.15, -0.1) is 0 Å². The molecule has 5 atom stereocenters. The quantitative estimate of drug-likeness (QED) is 0.0426. The Morgan fingerprint density at radius 1 is 0.333 bits per heavy atom. The summed E-state index contributed by atoms with van der Waals surface area (Å²) in [5.74, 6) is 0.0724. The summed E-state index contributed by atoms with van der Waals surface area (Å²) in [7, 11) is 4.84. The van der Waals surface area contributed by atoms with E-state index in [0.29, 0.717) is 73.0 Å². The molecule has 7 aromatic carbocycles. The summed E-state index contributed by atoms with van der Waals surface area (Å²) in [6, 6.07) is 48.3. The molecule has 0 N–H and O–H groups in total. The maximum absolute atomic E-state index is 12.9. The lowest BCUT2D eigenvalue weighted by atomic mass is 9.99. The Morgan fingerprint density at radius 3 is 1.05 bits per heavy atom. The maximum atomic E-state index is 12.9. The Hall–Kier alpha value is -12.2. The Balaban J connectivity index is 0.000000166. The Bertz CT molecular complexity index is 4760. The predicted molar refractivity (Wildman–Crippen MR) is 397 cm³/mol. The van der Waals surface area contributed by atoms with Crippen LogP contribution in [0.5, 0.6) is 17.2 Å². The van der Waals surface area contributed by atoms with Crippen molar-refractivity contribution in [3.05, 3.63) is 276 Å². The highest BCUT2D eigenvalue weighted by Crippen LogP contribution is 2.32. The molecule has 5 aromatic heterocycles. The molecule has 548 valence electrons. The fraction of sp³-hybridized carbons (Fsp3) is 0.284. The monoisotopic (exact) mass is 1430 g/mol. The second kappa shape index (κ2) is 38.7. The van der Waals surface area contributed by atoms with Crippen LogP contribution in [-0.2, 0) is 23.7 Å². The van der Waals surface area contributed by atoms with E-state index >= 15 is 0 Å². The summed E-state index contributed by atoms with van der Waals surface area (Å²) >= 11 is 0. The third kappa shape index (κ3) is 20.1. The molecule has 0 radical (unpaired) electrons. The molecular weight excluding hydrogens is 1340 g/mol. The van der Waals surface area contributed by atoms with Crippen LogP contribution in [0, 0.1) is 5.82 Å². The van der Waals surface area contributed by atoms with Crippen molar-refractivity contribution < 1.29 is 66.3 Å². The minimum atomic E-state index is -0.408. The maximum Gasteiger partial charge on any atom is 0.356 e. The van der Waals surface area contributed by atoms with Crippen LogP contribution in [-0.4, -0.2) is 132 Å². The number of esters is 5. The number of nitrogens with zero attached hydrogens (tertiary/aromatic N) is 10. The van der Waals surface area contributed by atoms with Crippen molar-refractivity contribution in [2.24, 2.45) is 0 Å². The van der Waals surface area contributed by atoms with E-state index in [2.05, 4.69) is 93.4 Å². The van der Waals surface area contributed by atoms with Crippen molar-refractivity contribution in [2.45, 2.75) is 99.4 Å². The second-order valence-corrected chi connectivity index (χ2v) is 23.6. The molecule has 105 heavy (non-hydrogen) atoms. The van der Waals surface area contributed by atoms with Gasteiger partial charge in [0.25, 0.3) is 0 Å². The summed E-state index contributed by atoms with van der Waals surface area (Å²) in [5.41, 5.74) is 7.39. The van der Waals surface area contributed by atoms with Gasteiger partial charge in [-0.05, 0) is 161 Å². The topological polar surface area (TPSA) is 248 Å². The number of aromatic nitrogens is 10. The van der Waals surface area contributed by atoms with Gasteiger partial charge in [-0.25, -0.2) is 53.3 Å². The number of methoxy groups -OCH3 is 3. The van der Waals surface area contributed by atoms with Crippen LogP contribution < -0.4 is 14.2 Å². The molecule has 0 amide bonds. The third-order valence-electron chi connectivity index (χ3n) is 17.2. The number of hydrogen-bond donors (Lipinski definition) is 0. The molecule has 23 nitrogen and oxygen atoms in total. The Morgan fingerprint density at radius 2 is 0.657 bits per heavy atom. The first-order valence-corrected chi connectivity index (χ1v) is 34.4. The van der Waals surface area contributed by atoms with E-state index in [1.54, 1.807) is 132 Å². The number of carbonyl (C=O) groups excluding carboxylic acids is 5. The second-order valence-electron chi connectivity index (χ2n) is 23.6. The van der Waals surface area contributed by atoms with E-state index < -0.39 is 5.97 Å². The van der Waals surface area contributed by atoms with E-state index in [-0.39, 0.29) is 59.9 Å². The summed E-state index contributed by atoms with van der Waals surface area (Å²) in [6.07, 6.45) is 15.8. The normalized spacial score (nSPS) is 12.1. The summed E-state index contributed by atoms with van der Waals surface area (Å²) < 4.78 is 62.9. The van der Waals surface area contributed by atoms with Gasteiger partial charge in [-0.1, -0.05) is 103 Å². The van der Waals surface area contributed by atoms with Gasteiger partial charge < -0.3 is 60.7 Å². The summed E-state index contributed by atoms with van der Waals surface area (Å²) in [4.78, 5) is 79.9. The number of carbonyl (C=O) groups is 5. The van der Waals surface area contributed by atoms with Crippen LogP contribution in [0.25, 0.3) is 21.5 Å². The fourth-order valence-corrected chi connectivity index (χ4v) is 11.5. The predicted octanol–water partition coefficient (Wildman–Crippen LogP) is 15.8. The van der Waals surface area contributed by atoms with Crippen LogP contribution in [0.1, 0.15) is 180 Å². The van der Waals surface area contributed by atoms with E-state index in [4.69, 9.17) is 37.9 Å². The van der Waals surface area contributed by atoms with Gasteiger partial charge in [0, 0.05) is 6.07 Å². The van der Waals surface area contributed by atoms with Crippen LogP contribution in [0.2, 0.25) is 0 Å². The lowest BCUT2D eigenvalue weighted by molar-refractivity contribution is 0.0503. The van der Waals surface area contributed by atoms with Crippen molar-refractivity contribution in [3.8, 4) is 17.2 Å². The van der Waals surface area contributed by atoms with Crippen molar-refractivity contribution in [2.75, 3.05) is 54.4 Å². The Kier molecular flexibility index (Phi) is 28.9. The number of ether oxygens (including phenoxy) is 8. The van der Waals surface area contributed by atoms with E-state index in [9.17, 15) is 28.4 Å². The highest BCUT2D eigenvalue weighted by Gasteiger charge is 2.24. The number of halogens is 1. The smallest absolute Gasteiger partial charge is 0.356 e. The molecule has 12 aromatic rings. The number of hydrogen-bond acceptors (Lipinski definition) is 18. The molecule has 0 saturated carbocycles. The highest BCUT2D eigenvalue weighted by atomic mass is 19.1. The number of fused-ring (bicyclic) bond motifs is 2. The number of benzene rings is 7. The van der Waals surface area contributed by atoms with Crippen molar-refractivity contribution in [3.63, 3.8) is 0 Å². The van der Waals surface area contributed by atoms with Crippen molar-refractivity contribution in [1.82, 2.24) is 47.8 Å². The average Bonchev–Trinajstić information content (AvgIpc) is 1.01. The van der Waals surface area contributed by atoms with Crippen molar-refractivity contribution >= 4 is 51.4 Å². The highest BCUT2D eigenvalue weighted by molar-refractivity contribution is 5.90. The van der Waals surface area contributed by atoms with Gasteiger partial charge in [0.1, 0.15) is 51.5 Å². The SMILES string of the molecule is CCOC(=O)c1cncn1C(C)c1cc(OC)cc(OC)c1.CCOC(=O)c1cncn1C(C)c1ccc(F)cc1.CCOC(=O)c1cncn1C(C)c1ccc(OC)cc1.CCOC(=O)c1cncn1C(C)c1ccc2ccccc2c1.CCOC(=O)c1cncn1C(C)c1cccc2ccccc12. The first kappa shape index (κ1) is 78.5. The third-order valence-corrected chi connectivity index (χ3v) is 17.2. The molecule has 0 bridgehead atoms. The van der Waals surface area contributed by atoms with Crippen LogP contribution >= 0.6 is 0 Å². The molecular formula is C81H89FN10O13. The van der Waals surface area contributed by atoms with E-state index in [1.165, 1.54) is 52.3 Å². The number of rotatable bonds is 23. The molecule has 0 aliphatic rings. The molecule has 24 heteroatoms. The van der Waals surface area contributed by atoms with Crippen LogP contribution in [0.3, 0.4) is 0 Å². The molecule has 5 heterocycles.